The molecule has 0 fully saturated rings. The molecule has 8 heteroatoms. The Labute approximate surface area is 259 Å². The number of fused-ring (bicyclic) bond motifs is 6. The SMILES string of the molecule is C=CC(=O)OCCOc1ccc2c3c(ccc2c1)Oc1ccc2cc(OCCOC(=O)C=C)ccc2c1C3c1ccc(O)cc1. The van der Waals surface area contributed by atoms with E-state index in [1.807, 2.05) is 72.8 Å². The van der Waals surface area contributed by atoms with Crippen LogP contribution in [0.1, 0.15) is 22.6 Å². The molecule has 1 heterocycles. The number of phenolic OH excluding ortho intramolecular Hbond substituents is 1. The van der Waals surface area contributed by atoms with Crippen LogP contribution in [0.15, 0.2) is 110 Å². The minimum Gasteiger partial charge on any atom is -0.508 e. The van der Waals surface area contributed by atoms with E-state index in [1.54, 1.807) is 12.1 Å². The molecule has 0 unspecified atom stereocenters. The molecule has 0 spiro atoms. The summed E-state index contributed by atoms with van der Waals surface area (Å²) in [7, 11) is 0. The van der Waals surface area contributed by atoms with Crippen molar-refractivity contribution in [1.82, 2.24) is 0 Å². The Kier molecular flexibility index (Phi) is 8.37. The van der Waals surface area contributed by atoms with Crippen molar-refractivity contribution >= 4 is 33.5 Å². The van der Waals surface area contributed by atoms with Crippen LogP contribution in [0.25, 0.3) is 21.5 Å². The monoisotopic (exact) mass is 602 g/mol. The second-order valence-electron chi connectivity index (χ2n) is 10.3. The van der Waals surface area contributed by atoms with E-state index in [-0.39, 0.29) is 38.1 Å². The van der Waals surface area contributed by atoms with Crippen LogP contribution in [0.2, 0.25) is 0 Å². The van der Waals surface area contributed by atoms with Gasteiger partial charge in [-0.25, -0.2) is 9.59 Å². The standard InChI is InChI=1S/C37H30O8/c1-3-33(39)43-19-17-41-27-11-13-29-24(21-27)7-15-31-36(29)35(23-5-9-26(38)10-6-23)37-30-14-12-28(42-18-20-44-34(40)4-2)22-25(30)8-16-32(37)45-31/h3-16,21-22,35,38H,1-2,17-20H2. The highest BCUT2D eigenvalue weighted by Crippen LogP contribution is 2.52. The first kappa shape index (κ1) is 29.3. The molecule has 0 aromatic heterocycles. The molecule has 8 nitrogen and oxygen atoms in total. The number of aromatic hydroxyl groups is 1. The molecule has 226 valence electrons. The van der Waals surface area contributed by atoms with E-state index in [4.69, 9.17) is 23.7 Å². The summed E-state index contributed by atoms with van der Waals surface area (Å²) >= 11 is 0. The molecular weight excluding hydrogens is 572 g/mol. The van der Waals surface area contributed by atoms with Gasteiger partial charge in [-0.1, -0.05) is 49.6 Å². The van der Waals surface area contributed by atoms with Gasteiger partial charge in [-0.3, -0.25) is 0 Å². The molecule has 6 rings (SSSR count). The normalized spacial score (nSPS) is 12.0. The minimum absolute atomic E-state index is 0.114. The fourth-order valence-corrected chi connectivity index (χ4v) is 5.56. The number of esters is 2. The molecule has 0 saturated carbocycles. The van der Waals surface area contributed by atoms with Crippen molar-refractivity contribution in [2.24, 2.45) is 0 Å². The lowest BCUT2D eigenvalue weighted by molar-refractivity contribution is -0.139. The summed E-state index contributed by atoms with van der Waals surface area (Å²) in [6, 6.07) is 26.9. The van der Waals surface area contributed by atoms with E-state index in [0.717, 1.165) is 61.9 Å². The van der Waals surface area contributed by atoms with E-state index in [0.29, 0.717) is 11.5 Å². The first-order chi connectivity index (χ1) is 21.9. The zero-order valence-corrected chi connectivity index (χ0v) is 24.4. The number of hydrogen-bond donors (Lipinski definition) is 1. The smallest absolute Gasteiger partial charge is 0.330 e. The maximum Gasteiger partial charge on any atom is 0.330 e. The molecule has 1 N–H and O–H groups in total. The van der Waals surface area contributed by atoms with Crippen molar-refractivity contribution in [3.63, 3.8) is 0 Å². The quantitative estimate of drug-likeness (QED) is 0.0944. The summed E-state index contributed by atoms with van der Waals surface area (Å²) in [5.41, 5.74) is 2.98. The van der Waals surface area contributed by atoms with Gasteiger partial charge in [0.05, 0.1) is 0 Å². The molecular formula is C37H30O8. The average Bonchev–Trinajstić information content (AvgIpc) is 3.07. The first-order valence-electron chi connectivity index (χ1n) is 14.4. The van der Waals surface area contributed by atoms with Gasteiger partial charge in [-0.05, 0) is 75.6 Å². The van der Waals surface area contributed by atoms with Crippen molar-refractivity contribution in [3.05, 3.63) is 127 Å². The summed E-state index contributed by atoms with van der Waals surface area (Å²) < 4.78 is 28.2. The summed E-state index contributed by atoms with van der Waals surface area (Å²) in [6.45, 7) is 7.44. The van der Waals surface area contributed by atoms with E-state index in [2.05, 4.69) is 13.2 Å². The molecule has 0 aliphatic carbocycles. The maximum absolute atomic E-state index is 11.3. The van der Waals surface area contributed by atoms with E-state index < -0.39 is 11.9 Å². The molecule has 0 radical (unpaired) electrons. The molecule has 1 aliphatic heterocycles. The Balaban J connectivity index is 1.38. The fourth-order valence-electron chi connectivity index (χ4n) is 5.56. The Morgan fingerprint density at radius 3 is 1.62 bits per heavy atom. The van der Waals surface area contributed by atoms with E-state index in [1.165, 1.54) is 0 Å². The molecule has 0 saturated heterocycles. The number of hydrogen-bond acceptors (Lipinski definition) is 8. The van der Waals surface area contributed by atoms with Crippen LogP contribution in [0, 0.1) is 0 Å². The van der Waals surface area contributed by atoms with Gasteiger partial charge in [0.1, 0.15) is 55.2 Å². The van der Waals surface area contributed by atoms with Crippen molar-refractivity contribution in [1.29, 1.82) is 0 Å². The van der Waals surface area contributed by atoms with Crippen LogP contribution >= 0.6 is 0 Å². The Morgan fingerprint density at radius 1 is 0.667 bits per heavy atom. The lowest BCUT2D eigenvalue weighted by Gasteiger charge is -2.31. The number of benzene rings is 5. The predicted molar refractivity (Wildman–Crippen MR) is 170 cm³/mol. The van der Waals surface area contributed by atoms with Crippen LogP contribution in [0.3, 0.4) is 0 Å². The van der Waals surface area contributed by atoms with Gasteiger partial charge in [0.25, 0.3) is 0 Å². The van der Waals surface area contributed by atoms with Gasteiger partial charge in [0.15, 0.2) is 0 Å². The zero-order valence-electron chi connectivity index (χ0n) is 24.4. The second-order valence-corrected chi connectivity index (χ2v) is 10.3. The third-order valence-corrected chi connectivity index (χ3v) is 7.54. The van der Waals surface area contributed by atoms with Crippen LogP contribution in [0.4, 0.5) is 0 Å². The largest absolute Gasteiger partial charge is 0.508 e. The molecule has 0 amide bonds. The van der Waals surface area contributed by atoms with Crippen LogP contribution in [-0.4, -0.2) is 43.5 Å². The third-order valence-electron chi connectivity index (χ3n) is 7.54. The fraction of sp³-hybridized carbons (Fsp3) is 0.135. The number of ether oxygens (including phenoxy) is 5. The minimum atomic E-state index is -0.493. The third kappa shape index (κ3) is 6.17. The van der Waals surface area contributed by atoms with Crippen molar-refractivity contribution in [2.75, 3.05) is 26.4 Å². The highest BCUT2D eigenvalue weighted by atomic mass is 16.6. The topological polar surface area (TPSA) is 101 Å². The van der Waals surface area contributed by atoms with Gasteiger partial charge in [0, 0.05) is 29.2 Å². The van der Waals surface area contributed by atoms with Crippen molar-refractivity contribution in [2.45, 2.75) is 5.92 Å². The Hall–Kier alpha value is -5.76. The summed E-state index contributed by atoms with van der Waals surface area (Å²) in [4.78, 5) is 22.6. The summed E-state index contributed by atoms with van der Waals surface area (Å²) in [5.74, 6) is 1.76. The molecule has 45 heavy (non-hydrogen) atoms. The van der Waals surface area contributed by atoms with Gasteiger partial charge in [0.2, 0.25) is 0 Å². The molecule has 5 aromatic rings. The van der Waals surface area contributed by atoms with Gasteiger partial charge in [-0.15, -0.1) is 0 Å². The van der Waals surface area contributed by atoms with Crippen LogP contribution < -0.4 is 14.2 Å². The second kappa shape index (κ2) is 12.9. The maximum atomic E-state index is 11.3. The Bertz CT molecular complexity index is 1810. The van der Waals surface area contributed by atoms with Gasteiger partial charge in [-0.2, -0.15) is 0 Å². The van der Waals surface area contributed by atoms with Crippen molar-refractivity contribution in [3.8, 4) is 28.7 Å². The van der Waals surface area contributed by atoms with Gasteiger partial charge >= 0.3 is 11.9 Å². The lowest BCUT2D eigenvalue weighted by atomic mass is 9.78. The van der Waals surface area contributed by atoms with Crippen molar-refractivity contribution < 1.29 is 38.4 Å². The lowest BCUT2D eigenvalue weighted by Crippen LogP contribution is -2.13. The summed E-state index contributed by atoms with van der Waals surface area (Å²) in [5, 5.41) is 14.0. The zero-order chi connectivity index (χ0) is 31.3. The van der Waals surface area contributed by atoms with Crippen LogP contribution in [0.5, 0.6) is 28.7 Å². The highest BCUT2D eigenvalue weighted by Gasteiger charge is 2.32. The first-order valence-corrected chi connectivity index (χ1v) is 14.4. The van der Waals surface area contributed by atoms with E-state index >= 15 is 0 Å². The van der Waals surface area contributed by atoms with Crippen LogP contribution in [-0.2, 0) is 19.1 Å². The molecule has 5 aromatic carbocycles. The van der Waals surface area contributed by atoms with Gasteiger partial charge < -0.3 is 28.8 Å². The predicted octanol–water partition coefficient (Wildman–Crippen LogP) is 7.20. The number of carbonyl (C=O) groups is 2. The number of phenols is 1. The van der Waals surface area contributed by atoms with E-state index in [9.17, 15) is 14.7 Å². The number of rotatable bonds is 11. The highest BCUT2D eigenvalue weighted by molar-refractivity contribution is 5.96. The molecule has 0 atom stereocenters. The Morgan fingerprint density at radius 2 is 1.16 bits per heavy atom. The average molecular weight is 603 g/mol. The summed E-state index contributed by atoms with van der Waals surface area (Å²) in [6.07, 6.45) is 2.23. The molecule has 1 aliphatic rings. The number of carbonyl (C=O) groups excluding carboxylic acids is 2. The molecule has 0 bridgehead atoms.